The first-order valence-electron chi connectivity index (χ1n) is 5.20. The molecule has 0 aliphatic rings. The second kappa shape index (κ2) is 6.49. The van der Waals surface area contributed by atoms with Crippen molar-refractivity contribution < 1.29 is 19.4 Å². The van der Waals surface area contributed by atoms with Crippen LogP contribution in [-0.2, 0) is 11.2 Å². The summed E-state index contributed by atoms with van der Waals surface area (Å²) in [7, 11) is 3.15. The number of halogens is 1. The van der Waals surface area contributed by atoms with Gasteiger partial charge in [0.05, 0.1) is 14.2 Å². The van der Waals surface area contributed by atoms with Crippen molar-refractivity contribution in [3.8, 4) is 11.5 Å². The van der Waals surface area contributed by atoms with Crippen LogP contribution in [0, 0.1) is 0 Å². The Labute approximate surface area is 109 Å². The normalized spacial score (nSPS) is 10.1. The van der Waals surface area contributed by atoms with Gasteiger partial charge in [-0.05, 0) is 30.5 Å². The van der Waals surface area contributed by atoms with Crippen LogP contribution in [0.15, 0.2) is 16.6 Å². The van der Waals surface area contributed by atoms with E-state index >= 15 is 0 Å². The van der Waals surface area contributed by atoms with Crippen molar-refractivity contribution in [3.63, 3.8) is 0 Å². The molecule has 0 saturated heterocycles. The molecule has 0 fully saturated rings. The largest absolute Gasteiger partial charge is 0.493 e. The van der Waals surface area contributed by atoms with Gasteiger partial charge in [-0.1, -0.05) is 15.9 Å². The summed E-state index contributed by atoms with van der Waals surface area (Å²) in [6.45, 7) is 0. The molecular formula is C12H15BrO4. The lowest BCUT2D eigenvalue weighted by atomic mass is 10.1. The van der Waals surface area contributed by atoms with Crippen molar-refractivity contribution in [1.82, 2.24) is 0 Å². The predicted octanol–water partition coefficient (Wildman–Crippen LogP) is 2.87. The van der Waals surface area contributed by atoms with Gasteiger partial charge < -0.3 is 14.6 Å². The third kappa shape index (κ3) is 3.93. The number of carboxylic acid groups (broad SMARTS) is 1. The Balaban J connectivity index is 2.81. The molecule has 1 rings (SSSR count). The van der Waals surface area contributed by atoms with Gasteiger partial charge in [0.2, 0.25) is 0 Å². The molecule has 0 atom stereocenters. The molecule has 0 unspecified atom stereocenters. The standard InChI is InChI=1S/C12H15BrO4/c1-16-10-6-8(4-3-5-12(14)15)9(13)7-11(10)17-2/h6-7H,3-5H2,1-2H3,(H,14,15). The number of benzene rings is 1. The second-order valence-corrected chi connectivity index (χ2v) is 4.40. The van der Waals surface area contributed by atoms with Crippen LogP contribution < -0.4 is 9.47 Å². The van der Waals surface area contributed by atoms with Gasteiger partial charge in [-0.25, -0.2) is 0 Å². The van der Waals surface area contributed by atoms with Crippen LogP contribution in [0.25, 0.3) is 0 Å². The molecule has 1 N–H and O–H groups in total. The maximum absolute atomic E-state index is 10.4. The number of rotatable bonds is 6. The van der Waals surface area contributed by atoms with Crippen molar-refractivity contribution in [2.24, 2.45) is 0 Å². The zero-order valence-electron chi connectivity index (χ0n) is 9.83. The van der Waals surface area contributed by atoms with E-state index in [1.54, 1.807) is 14.2 Å². The number of ether oxygens (including phenoxy) is 2. The molecule has 1 aromatic carbocycles. The first kappa shape index (κ1) is 13.8. The summed E-state index contributed by atoms with van der Waals surface area (Å²) < 4.78 is 11.3. The molecular weight excluding hydrogens is 288 g/mol. The number of aliphatic carboxylic acids is 1. The highest BCUT2D eigenvalue weighted by Crippen LogP contribution is 2.33. The SMILES string of the molecule is COc1cc(Br)c(CCCC(=O)O)cc1OC. The molecule has 0 aliphatic carbocycles. The molecule has 0 saturated carbocycles. The number of carboxylic acids is 1. The fourth-order valence-electron chi connectivity index (χ4n) is 1.52. The topological polar surface area (TPSA) is 55.8 Å². The van der Waals surface area contributed by atoms with Crippen LogP contribution in [0.5, 0.6) is 11.5 Å². The maximum atomic E-state index is 10.4. The van der Waals surface area contributed by atoms with E-state index in [1.165, 1.54) is 0 Å². The van der Waals surface area contributed by atoms with Gasteiger partial charge in [-0.15, -0.1) is 0 Å². The number of carbonyl (C=O) groups is 1. The molecule has 0 aliphatic heterocycles. The molecule has 0 bridgehead atoms. The summed E-state index contributed by atoms with van der Waals surface area (Å²) in [5, 5.41) is 8.59. The average Bonchev–Trinajstić information content (AvgIpc) is 2.30. The molecule has 17 heavy (non-hydrogen) atoms. The van der Waals surface area contributed by atoms with Crippen molar-refractivity contribution in [1.29, 1.82) is 0 Å². The molecule has 4 nitrogen and oxygen atoms in total. The highest BCUT2D eigenvalue weighted by atomic mass is 79.9. The minimum atomic E-state index is -0.776. The first-order chi connectivity index (χ1) is 8.08. The minimum Gasteiger partial charge on any atom is -0.493 e. The van der Waals surface area contributed by atoms with Gasteiger partial charge in [0.15, 0.2) is 11.5 Å². The Morgan fingerprint density at radius 1 is 1.29 bits per heavy atom. The quantitative estimate of drug-likeness (QED) is 0.878. The zero-order valence-corrected chi connectivity index (χ0v) is 11.4. The van der Waals surface area contributed by atoms with Gasteiger partial charge in [0.25, 0.3) is 0 Å². The molecule has 0 radical (unpaired) electrons. The number of hydrogen-bond acceptors (Lipinski definition) is 3. The molecule has 0 amide bonds. The summed E-state index contributed by atoms with van der Waals surface area (Å²) in [6.07, 6.45) is 1.46. The van der Waals surface area contributed by atoms with Crippen molar-refractivity contribution in [2.45, 2.75) is 19.3 Å². The Morgan fingerprint density at radius 3 is 2.41 bits per heavy atom. The fraction of sp³-hybridized carbons (Fsp3) is 0.417. The highest BCUT2D eigenvalue weighted by Gasteiger charge is 2.09. The van der Waals surface area contributed by atoms with Crippen molar-refractivity contribution in [2.75, 3.05) is 14.2 Å². The predicted molar refractivity (Wildman–Crippen MR) is 67.8 cm³/mol. The summed E-state index contributed by atoms with van der Waals surface area (Å²) in [5.41, 5.74) is 1.02. The maximum Gasteiger partial charge on any atom is 0.303 e. The summed E-state index contributed by atoms with van der Waals surface area (Å²) in [5.74, 6) is 0.531. The minimum absolute atomic E-state index is 0.167. The first-order valence-corrected chi connectivity index (χ1v) is 6.00. The second-order valence-electron chi connectivity index (χ2n) is 3.55. The molecule has 94 valence electrons. The lowest BCUT2D eigenvalue weighted by Gasteiger charge is -2.11. The number of methoxy groups -OCH3 is 2. The lowest BCUT2D eigenvalue weighted by molar-refractivity contribution is -0.137. The molecule has 1 aromatic rings. The third-order valence-corrected chi connectivity index (χ3v) is 3.13. The van der Waals surface area contributed by atoms with Crippen LogP contribution in [0.2, 0.25) is 0 Å². The molecule has 0 aromatic heterocycles. The summed E-state index contributed by atoms with van der Waals surface area (Å²) >= 11 is 3.44. The van der Waals surface area contributed by atoms with Crippen LogP contribution in [0.4, 0.5) is 0 Å². The van der Waals surface area contributed by atoms with Gasteiger partial charge in [-0.3, -0.25) is 4.79 Å². The van der Waals surface area contributed by atoms with Gasteiger partial charge >= 0.3 is 5.97 Å². The van der Waals surface area contributed by atoms with Crippen molar-refractivity contribution >= 4 is 21.9 Å². The fourth-order valence-corrected chi connectivity index (χ4v) is 2.04. The van der Waals surface area contributed by atoms with Crippen LogP contribution in [0.1, 0.15) is 18.4 Å². The lowest BCUT2D eigenvalue weighted by Crippen LogP contribution is -1.98. The van der Waals surface area contributed by atoms with E-state index < -0.39 is 5.97 Å². The van der Waals surface area contributed by atoms with E-state index in [0.29, 0.717) is 24.3 Å². The third-order valence-electron chi connectivity index (χ3n) is 2.39. The van der Waals surface area contributed by atoms with Gasteiger partial charge in [0, 0.05) is 10.9 Å². The number of aryl methyl sites for hydroxylation is 1. The van der Waals surface area contributed by atoms with Gasteiger partial charge in [-0.2, -0.15) is 0 Å². The summed E-state index contributed by atoms with van der Waals surface area (Å²) in [6, 6.07) is 3.69. The summed E-state index contributed by atoms with van der Waals surface area (Å²) in [4.78, 5) is 10.4. The van der Waals surface area contributed by atoms with E-state index in [-0.39, 0.29) is 6.42 Å². The number of hydrogen-bond donors (Lipinski definition) is 1. The van der Waals surface area contributed by atoms with E-state index in [0.717, 1.165) is 10.0 Å². The Hall–Kier alpha value is -1.23. The Morgan fingerprint density at radius 2 is 1.88 bits per heavy atom. The molecule has 0 heterocycles. The van der Waals surface area contributed by atoms with Crippen LogP contribution in [0.3, 0.4) is 0 Å². The molecule has 0 spiro atoms. The Kier molecular flexibility index (Phi) is 5.28. The monoisotopic (exact) mass is 302 g/mol. The van der Waals surface area contributed by atoms with E-state index in [4.69, 9.17) is 14.6 Å². The molecule has 5 heteroatoms. The smallest absolute Gasteiger partial charge is 0.303 e. The van der Waals surface area contributed by atoms with Gasteiger partial charge in [0.1, 0.15) is 0 Å². The van der Waals surface area contributed by atoms with Crippen molar-refractivity contribution in [3.05, 3.63) is 22.2 Å². The average molecular weight is 303 g/mol. The Bertz CT molecular complexity index is 404. The zero-order chi connectivity index (χ0) is 12.8. The highest BCUT2D eigenvalue weighted by molar-refractivity contribution is 9.10. The van der Waals surface area contributed by atoms with E-state index in [2.05, 4.69) is 15.9 Å². The van der Waals surface area contributed by atoms with Crippen LogP contribution in [-0.4, -0.2) is 25.3 Å². The van der Waals surface area contributed by atoms with E-state index in [1.807, 2.05) is 12.1 Å². The van der Waals surface area contributed by atoms with E-state index in [9.17, 15) is 4.79 Å². The van der Waals surface area contributed by atoms with Crippen LogP contribution >= 0.6 is 15.9 Å².